The second-order valence-corrected chi connectivity index (χ2v) is 12.7. The minimum absolute atomic E-state index is 1.21. The van der Waals surface area contributed by atoms with Crippen molar-refractivity contribution in [3.63, 3.8) is 0 Å². The van der Waals surface area contributed by atoms with E-state index in [9.17, 15) is 0 Å². The summed E-state index contributed by atoms with van der Waals surface area (Å²) in [7, 11) is 0. The van der Waals surface area contributed by atoms with Crippen LogP contribution in [0.5, 0.6) is 0 Å². The van der Waals surface area contributed by atoms with Crippen LogP contribution in [0.1, 0.15) is 76.3 Å². The van der Waals surface area contributed by atoms with Crippen LogP contribution in [0.3, 0.4) is 0 Å². The van der Waals surface area contributed by atoms with Gasteiger partial charge < -0.3 is 0 Å². The third-order valence-corrected chi connectivity index (χ3v) is 10.2. The number of rotatable bonds is 12. The number of aryl methyl sites for hydroxylation is 2. The van der Waals surface area contributed by atoms with Crippen LogP contribution < -0.4 is 0 Å². The molecule has 0 nitrogen and oxygen atoms in total. The standard InChI is InChI=1S/C32H36S3/c1-3-5-7-9-11-23-17-31(33-21-23)25-13-15-29-27(19-25)28-20-26(14-16-30(28)35-29)32-18-24(22-34-32)12-10-8-6-4-2/h13-22H,3-12H2,1-2H3. The smallest absolute Gasteiger partial charge is 0.0355 e. The highest BCUT2D eigenvalue weighted by Crippen LogP contribution is 2.40. The van der Waals surface area contributed by atoms with Crippen molar-refractivity contribution in [2.45, 2.75) is 78.1 Å². The van der Waals surface area contributed by atoms with Gasteiger partial charge in [0, 0.05) is 29.9 Å². The zero-order chi connectivity index (χ0) is 24.0. The molecular weight excluding hydrogens is 481 g/mol. The Morgan fingerprint density at radius 3 is 1.49 bits per heavy atom. The van der Waals surface area contributed by atoms with Gasteiger partial charge in [0.1, 0.15) is 0 Å². The van der Waals surface area contributed by atoms with Gasteiger partial charge in [-0.25, -0.2) is 0 Å². The Labute approximate surface area is 222 Å². The quantitative estimate of drug-likeness (QED) is 0.145. The van der Waals surface area contributed by atoms with E-state index in [4.69, 9.17) is 0 Å². The highest BCUT2D eigenvalue weighted by Gasteiger charge is 2.11. The van der Waals surface area contributed by atoms with Crippen LogP contribution >= 0.6 is 34.0 Å². The fourth-order valence-electron chi connectivity index (χ4n) is 4.91. The van der Waals surface area contributed by atoms with Crippen molar-refractivity contribution in [2.75, 3.05) is 0 Å². The van der Waals surface area contributed by atoms with Gasteiger partial charge in [0.05, 0.1) is 0 Å². The Hall–Kier alpha value is -1.94. The van der Waals surface area contributed by atoms with Crippen LogP contribution in [0.2, 0.25) is 0 Å². The van der Waals surface area contributed by atoms with E-state index in [0.717, 1.165) is 0 Å². The third kappa shape index (κ3) is 5.90. The maximum atomic E-state index is 2.43. The summed E-state index contributed by atoms with van der Waals surface area (Å²) in [5, 5.41) is 7.54. The van der Waals surface area contributed by atoms with Crippen LogP contribution in [-0.2, 0) is 12.8 Å². The molecule has 5 aromatic rings. The SMILES string of the molecule is CCCCCCc1csc(-c2ccc3sc4ccc(-c5cc(CCCCCC)cs5)cc4c3c2)c1. The molecule has 0 saturated heterocycles. The molecule has 0 atom stereocenters. The first-order valence-corrected chi connectivity index (χ1v) is 15.9. The molecule has 2 aromatic carbocycles. The van der Waals surface area contributed by atoms with Gasteiger partial charge in [0.15, 0.2) is 0 Å². The van der Waals surface area contributed by atoms with Crippen LogP contribution in [-0.4, -0.2) is 0 Å². The molecule has 0 radical (unpaired) electrons. The predicted molar refractivity (Wildman–Crippen MR) is 162 cm³/mol. The molecule has 3 heteroatoms. The van der Waals surface area contributed by atoms with Gasteiger partial charge in [-0.05, 0) is 95.1 Å². The molecule has 0 N–H and O–H groups in total. The molecular formula is C32H36S3. The monoisotopic (exact) mass is 516 g/mol. The van der Waals surface area contributed by atoms with E-state index in [-0.39, 0.29) is 0 Å². The van der Waals surface area contributed by atoms with Gasteiger partial charge in [0.25, 0.3) is 0 Å². The third-order valence-electron chi connectivity index (χ3n) is 6.98. The van der Waals surface area contributed by atoms with Gasteiger partial charge >= 0.3 is 0 Å². The minimum atomic E-state index is 1.21. The molecule has 3 heterocycles. The van der Waals surface area contributed by atoms with E-state index < -0.39 is 0 Å². The summed E-state index contributed by atoms with van der Waals surface area (Å²) >= 11 is 5.72. The fraction of sp³-hybridized carbons (Fsp3) is 0.375. The molecule has 0 unspecified atom stereocenters. The lowest BCUT2D eigenvalue weighted by Crippen LogP contribution is -1.82. The second-order valence-electron chi connectivity index (χ2n) is 9.78. The molecule has 0 fully saturated rings. The second kappa shape index (κ2) is 11.9. The molecule has 0 amide bonds. The number of benzene rings is 2. The number of thiophene rings is 3. The van der Waals surface area contributed by atoms with E-state index in [1.54, 1.807) is 0 Å². The Morgan fingerprint density at radius 1 is 0.543 bits per heavy atom. The Balaban J connectivity index is 1.38. The zero-order valence-corrected chi connectivity index (χ0v) is 23.5. The lowest BCUT2D eigenvalue weighted by atomic mass is 10.0. The Morgan fingerprint density at radius 2 is 1.03 bits per heavy atom. The van der Waals surface area contributed by atoms with Gasteiger partial charge in [-0.3, -0.25) is 0 Å². The average Bonchev–Trinajstić information content (AvgIpc) is 3.62. The van der Waals surface area contributed by atoms with Crippen molar-refractivity contribution in [1.82, 2.24) is 0 Å². The average molecular weight is 517 g/mol. The number of unbranched alkanes of at least 4 members (excludes halogenated alkanes) is 6. The summed E-state index contributed by atoms with van der Waals surface area (Å²) < 4.78 is 2.78. The van der Waals surface area contributed by atoms with E-state index in [1.807, 2.05) is 34.0 Å². The number of hydrogen-bond donors (Lipinski definition) is 0. The summed E-state index contributed by atoms with van der Waals surface area (Å²) in [4.78, 5) is 2.80. The Bertz CT molecular complexity index is 1280. The maximum absolute atomic E-state index is 2.43. The van der Waals surface area contributed by atoms with Crippen molar-refractivity contribution in [3.05, 3.63) is 70.4 Å². The summed E-state index contributed by atoms with van der Waals surface area (Å²) in [6, 6.07) is 19.0. The number of fused-ring (bicyclic) bond motifs is 3. The first-order chi connectivity index (χ1) is 17.2. The Kier molecular flexibility index (Phi) is 8.39. The van der Waals surface area contributed by atoms with Crippen molar-refractivity contribution in [1.29, 1.82) is 0 Å². The van der Waals surface area contributed by atoms with E-state index in [0.29, 0.717) is 0 Å². The fourth-order valence-corrected chi connectivity index (χ4v) is 7.87. The van der Waals surface area contributed by atoms with Crippen molar-refractivity contribution in [3.8, 4) is 20.9 Å². The van der Waals surface area contributed by atoms with Crippen LogP contribution in [0, 0.1) is 0 Å². The highest BCUT2D eigenvalue weighted by atomic mass is 32.1. The molecule has 0 aliphatic heterocycles. The largest absolute Gasteiger partial charge is 0.144 e. The summed E-state index contributed by atoms with van der Waals surface area (Å²) in [5.41, 5.74) is 5.72. The zero-order valence-electron chi connectivity index (χ0n) is 21.1. The van der Waals surface area contributed by atoms with Crippen LogP contribution in [0.15, 0.2) is 59.3 Å². The summed E-state index contributed by atoms with van der Waals surface area (Å²) in [6.45, 7) is 4.56. The van der Waals surface area contributed by atoms with Crippen molar-refractivity contribution < 1.29 is 0 Å². The number of hydrogen-bond acceptors (Lipinski definition) is 3. The van der Waals surface area contributed by atoms with Gasteiger partial charge in [-0.15, -0.1) is 34.0 Å². The highest BCUT2D eigenvalue weighted by molar-refractivity contribution is 7.25. The summed E-state index contributed by atoms with van der Waals surface area (Å²) in [5.74, 6) is 0. The normalized spacial score (nSPS) is 11.7. The van der Waals surface area contributed by atoms with Gasteiger partial charge in [-0.1, -0.05) is 64.5 Å². The van der Waals surface area contributed by atoms with Crippen molar-refractivity contribution >= 4 is 54.2 Å². The summed E-state index contributed by atoms with van der Waals surface area (Å²) in [6.07, 6.45) is 13.1. The molecule has 0 bridgehead atoms. The molecule has 0 spiro atoms. The molecule has 0 saturated carbocycles. The molecule has 182 valence electrons. The maximum Gasteiger partial charge on any atom is 0.0355 e. The predicted octanol–water partition coefficient (Wildman–Crippen LogP) is 11.8. The topological polar surface area (TPSA) is 0 Å². The van der Waals surface area contributed by atoms with E-state index in [2.05, 4.69) is 73.1 Å². The first kappa shape index (κ1) is 24.7. The molecule has 0 aliphatic carbocycles. The molecule has 3 aromatic heterocycles. The molecule has 0 aliphatic rings. The van der Waals surface area contributed by atoms with Crippen molar-refractivity contribution in [2.24, 2.45) is 0 Å². The minimum Gasteiger partial charge on any atom is -0.144 e. The lowest BCUT2D eigenvalue weighted by Gasteiger charge is -2.01. The van der Waals surface area contributed by atoms with Crippen LogP contribution in [0.4, 0.5) is 0 Å². The van der Waals surface area contributed by atoms with E-state index >= 15 is 0 Å². The van der Waals surface area contributed by atoms with E-state index in [1.165, 1.54) is 116 Å². The van der Waals surface area contributed by atoms with Gasteiger partial charge in [0.2, 0.25) is 0 Å². The first-order valence-electron chi connectivity index (χ1n) is 13.4. The van der Waals surface area contributed by atoms with Gasteiger partial charge in [-0.2, -0.15) is 0 Å². The van der Waals surface area contributed by atoms with Crippen LogP contribution in [0.25, 0.3) is 41.1 Å². The lowest BCUT2D eigenvalue weighted by molar-refractivity contribution is 0.667. The molecule has 5 rings (SSSR count). The molecule has 35 heavy (non-hydrogen) atoms.